The summed E-state index contributed by atoms with van der Waals surface area (Å²) >= 11 is 0. The van der Waals surface area contributed by atoms with Gasteiger partial charge >= 0.3 is 0 Å². The molecule has 0 saturated heterocycles. The van der Waals surface area contributed by atoms with E-state index in [-0.39, 0.29) is 44.2 Å². The second-order valence-electron chi connectivity index (χ2n) is 7.17. The SMILES string of the molecule is CCOC(COCOCCOC)(OCC)c1cc(=O)[nH]c(NC(=O)C(C)(C)C)n1. The lowest BCUT2D eigenvalue weighted by Crippen LogP contribution is -2.41. The van der Waals surface area contributed by atoms with Crippen molar-refractivity contribution in [1.29, 1.82) is 0 Å². The van der Waals surface area contributed by atoms with E-state index in [1.165, 1.54) is 6.07 Å². The second kappa shape index (κ2) is 12.0. The van der Waals surface area contributed by atoms with Gasteiger partial charge in [-0.3, -0.25) is 19.9 Å². The first kappa shape index (κ1) is 25.2. The Bertz CT molecular complexity index is 679. The summed E-state index contributed by atoms with van der Waals surface area (Å²) in [5.74, 6) is -1.71. The van der Waals surface area contributed by atoms with Crippen molar-refractivity contribution >= 4 is 11.9 Å². The van der Waals surface area contributed by atoms with Crippen molar-refractivity contribution in [1.82, 2.24) is 9.97 Å². The van der Waals surface area contributed by atoms with Crippen LogP contribution in [0.5, 0.6) is 0 Å². The smallest absolute Gasteiger partial charge is 0.252 e. The number of rotatable bonds is 13. The molecule has 0 bridgehead atoms. The van der Waals surface area contributed by atoms with Gasteiger partial charge in [-0.15, -0.1) is 0 Å². The van der Waals surface area contributed by atoms with Gasteiger partial charge in [0.1, 0.15) is 19.1 Å². The number of aromatic amines is 1. The number of amides is 1. The number of aromatic nitrogens is 2. The van der Waals surface area contributed by atoms with Gasteiger partial charge in [-0.1, -0.05) is 20.8 Å². The molecular weight excluding hydrogens is 382 g/mol. The van der Waals surface area contributed by atoms with Gasteiger partial charge in [0.25, 0.3) is 5.56 Å². The first-order valence-corrected chi connectivity index (χ1v) is 9.54. The maximum atomic E-state index is 12.3. The van der Waals surface area contributed by atoms with Gasteiger partial charge in [-0.05, 0) is 13.8 Å². The molecule has 1 aromatic heterocycles. The molecule has 166 valence electrons. The van der Waals surface area contributed by atoms with Crippen LogP contribution in [-0.4, -0.2) is 62.8 Å². The van der Waals surface area contributed by atoms with E-state index in [0.717, 1.165) is 0 Å². The van der Waals surface area contributed by atoms with Crippen molar-refractivity contribution in [3.05, 3.63) is 22.1 Å². The quantitative estimate of drug-likeness (QED) is 0.368. The van der Waals surface area contributed by atoms with Gasteiger partial charge in [-0.25, -0.2) is 4.98 Å². The Kier molecular flexibility index (Phi) is 10.4. The van der Waals surface area contributed by atoms with E-state index in [0.29, 0.717) is 13.2 Å². The summed E-state index contributed by atoms with van der Waals surface area (Å²) in [5, 5.41) is 2.61. The minimum atomic E-state index is -1.43. The molecule has 0 unspecified atom stereocenters. The van der Waals surface area contributed by atoms with E-state index in [1.54, 1.807) is 41.7 Å². The first-order valence-electron chi connectivity index (χ1n) is 9.54. The summed E-state index contributed by atoms with van der Waals surface area (Å²) in [6, 6.07) is 1.26. The molecular formula is C19H33N3O7. The van der Waals surface area contributed by atoms with Crippen molar-refractivity contribution in [2.24, 2.45) is 5.41 Å². The summed E-state index contributed by atoms with van der Waals surface area (Å²) < 4.78 is 27.4. The molecule has 1 aromatic rings. The highest BCUT2D eigenvalue weighted by Crippen LogP contribution is 2.27. The van der Waals surface area contributed by atoms with Crippen LogP contribution in [0.2, 0.25) is 0 Å². The zero-order valence-electron chi connectivity index (χ0n) is 18.1. The average molecular weight is 415 g/mol. The highest BCUT2D eigenvalue weighted by Gasteiger charge is 2.37. The number of nitrogens with one attached hydrogen (secondary N) is 2. The zero-order chi connectivity index (χ0) is 21.9. The zero-order valence-corrected chi connectivity index (χ0v) is 18.1. The largest absolute Gasteiger partial charge is 0.382 e. The lowest BCUT2D eigenvalue weighted by molar-refractivity contribution is -0.278. The third-order valence-electron chi connectivity index (χ3n) is 3.69. The molecule has 29 heavy (non-hydrogen) atoms. The van der Waals surface area contributed by atoms with Crippen molar-refractivity contribution in [2.75, 3.05) is 52.3 Å². The molecule has 1 heterocycles. The number of carbonyl (C=O) groups excluding carboxylic acids is 1. The lowest BCUT2D eigenvalue weighted by atomic mass is 9.96. The standard InChI is InChI=1S/C19H33N3O7/c1-7-28-19(29-8-2,12-27-13-26-10-9-25-6)14-11-15(23)21-17(20-14)22-16(24)18(3,4)5/h11H,7-10,12-13H2,1-6H3,(H2,20,21,22,23,24). The number of methoxy groups -OCH3 is 1. The van der Waals surface area contributed by atoms with E-state index >= 15 is 0 Å². The molecule has 0 atom stereocenters. The van der Waals surface area contributed by atoms with Gasteiger partial charge in [-0.2, -0.15) is 0 Å². The summed E-state index contributed by atoms with van der Waals surface area (Å²) in [5.41, 5.74) is -0.931. The molecule has 0 aliphatic carbocycles. The Morgan fingerprint density at radius 1 is 1.14 bits per heavy atom. The fourth-order valence-electron chi connectivity index (χ4n) is 2.26. The molecule has 2 N–H and O–H groups in total. The molecule has 0 aromatic carbocycles. The number of ether oxygens (including phenoxy) is 5. The van der Waals surface area contributed by atoms with Crippen LogP contribution in [0.15, 0.2) is 10.9 Å². The summed E-state index contributed by atoms with van der Waals surface area (Å²) in [7, 11) is 1.58. The van der Waals surface area contributed by atoms with E-state index < -0.39 is 16.8 Å². The molecule has 0 radical (unpaired) electrons. The van der Waals surface area contributed by atoms with E-state index in [9.17, 15) is 9.59 Å². The Hall–Kier alpha value is -1.85. The van der Waals surface area contributed by atoms with E-state index in [4.69, 9.17) is 23.7 Å². The Morgan fingerprint density at radius 2 is 1.79 bits per heavy atom. The maximum Gasteiger partial charge on any atom is 0.252 e. The van der Waals surface area contributed by atoms with Crippen LogP contribution in [0.25, 0.3) is 0 Å². The molecule has 0 aliphatic heterocycles. The molecule has 0 aliphatic rings. The average Bonchev–Trinajstić information content (AvgIpc) is 2.63. The van der Waals surface area contributed by atoms with Gasteiger partial charge in [0, 0.05) is 31.8 Å². The highest BCUT2D eigenvalue weighted by atomic mass is 16.7. The number of H-pyrrole nitrogens is 1. The van der Waals surface area contributed by atoms with E-state index in [2.05, 4.69) is 15.3 Å². The second-order valence-corrected chi connectivity index (χ2v) is 7.17. The Balaban J connectivity index is 3.10. The van der Waals surface area contributed by atoms with Gasteiger partial charge < -0.3 is 23.7 Å². The molecule has 0 fully saturated rings. The molecule has 1 amide bonds. The van der Waals surface area contributed by atoms with Crippen LogP contribution < -0.4 is 10.9 Å². The van der Waals surface area contributed by atoms with Crippen LogP contribution in [0.4, 0.5) is 5.95 Å². The number of hydrogen-bond acceptors (Lipinski definition) is 8. The van der Waals surface area contributed by atoms with Crippen LogP contribution in [0, 0.1) is 5.41 Å². The number of nitrogens with zero attached hydrogens (tertiary/aromatic N) is 1. The molecule has 0 saturated carbocycles. The van der Waals surface area contributed by atoms with Gasteiger partial charge in [0.05, 0.1) is 13.2 Å². The monoisotopic (exact) mass is 415 g/mol. The predicted molar refractivity (Wildman–Crippen MR) is 107 cm³/mol. The Morgan fingerprint density at radius 3 is 2.34 bits per heavy atom. The van der Waals surface area contributed by atoms with Crippen LogP contribution >= 0.6 is 0 Å². The fraction of sp³-hybridized carbons (Fsp3) is 0.737. The molecule has 0 spiro atoms. The minimum Gasteiger partial charge on any atom is -0.382 e. The predicted octanol–water partition coefficient (Wildman–Crippen LogP) is 1.62. The van der Waals surface area contributed by atoms with Gasteiger partial charge in [0.2, 0.25) is 17.6 Å². The molecule has 10 nitrogen and oxygen atoms in total. The third-order valence-corrected chi connectivity index (χ3v) is 3.69. The lowest BCUT2D eigenvalue weighted by Gasteiger charge is -2.32. The molecule has 1 rings (SSSR count). The molecule has 10 heteroatoms. The highest BCUT2D eigenvalue weighted by molar-refractivity contribution is 5.92. The summed E-state index contributed by atoms with van der Waals surface area (Å²) in [4.78, 5) is 31.3. The van der Waals surface area contributed by atoms with Crippen LogP contribution in [-0.2, 0) is 34.3 Å². The van der Waals surface area contributed by atoms with Crippen molar-refractivity contribution in [2.45, 2.75) is 40.4 Å². The number of carbonyl (C=O) groups is 1. The van der Waals surface area contributed by atoms with Crippen LogP contribution in [0.3, 0.4) is 0 Å². The normalized spacial score (nSPS) is 12.2. The Labute approximate surface area is 171 Å². The maximum absolute atomic E-state index is 12.3. The minimum absolute atomic E-state index is 0.00699. The number of hydrogen-bond donors (Lipinski definition) is 2. The van der Waals surface area contributed by atoms with E-state index in [1.807, 2.05) is 0 Å². The van der Waals surface area contributed by atoms with Gasteiger partial charge in [0.15, 0.2) is 0 Å². The number of anilines is 1. The topological polar surface area (TPSA) is 121 Å². The summed E-state index contributed by atoms with van der Waals surface area (Å²) in [6.45, 7) is 10.2. The first-order chi connectivity index (χ1) is 13.7. The van der Waals surface area contributed by atoms with Crippen LogP contribution in [0.1, 0.15) is 40.3 Å². The third kappa shape index (κ3) is 8.19. The fourth-order valence-corrected chi connectivity index (χ4v) is 2.26. The van der Waals surface area contributed by atoms with Crippen molar-refractivity contribution < 1.29 is 28.5 Å². The van der Waals surface area contributed by atoms with Crippen molar-refractivity contribution in [3.8, 4) is 0 Å². The summed E-state index contributed by atoms with van der Waals surface area (Å²) in [6.07, 6.45) is 0. The van der Waals surface area contributed by atoms with Crippen molar-refractivity contribution in [3.63, 3.8) is 0 Å².